The molecule has 2 N–H and O–H groups in total. The van der Waals surface area contributed by atoms with Crippen molar-refractivity contribution < 1.29 is 23.5 Å². The molecule has 8 heteroatoms. The fourth-order valence-corrected chi connectivity index (χ4v) is 2.94. The van der Waals surface area contributed by atoms with E-state index in [2.05, 4.69) is 10.6 Å². The third kappa shape index (κ3) is 6.94. The van der Waals surface area contributed by atoms with Crippen molar-refractivity contribution in [2.75, 3.05) is 25.1 Å². The summed E-state index contributed by atoms with van der Waals surface area (Å²) in [7, 11) is 0. The van der Waals surface area contributed by atoms with Crippen molar-refractivity contribution in [3.63, 3.8) is 0 Å². The van der Waals surface area contributed by atoms with E-state index in [9.17, 15) is 19.2 Å². The number of halogens is 1. The lowest BCUT2D eigenvalue weighted by Gasteiger charge is -2.11. The van der Waals surface area contributed by atoms with Crippen LogP contribution in [0.5, 0.6) is 5.75 Å². The van der Waals surface area contributed by atoms with E-state index in [0.717, 1.165) is 19.4 Å². The topological polar surface area (TPSA) is 100 Å². The van der Waals surface area contributed by atoms with Crippen LogP contribution in [0.1, 0.15) is 18.4 Å². The molecule has 3 rings (SSSR count). The van der Waals surface area contributed by atoms with Gasteiger partial charge in [-0.3, -0.25) is 9.59 Å². The maximum atomic E-state index is 13.0. The van der Waals surface area contributed by atoms with Crippen molar-refractivity contribution in [3.8, 4) is 11.8 Å². The predicted molar refractivity (Wildman–Crippen MR) is 113 cm³/mol. The maximum absolute atomic E-state index is 13.0. The first-order valence-electron chi connectivity index (χ1n) is 9.83. The second kappa shape index (κ2) is 10.9. The van der Waals surface area contributed by atoms with E-state index >= 15 is 0 Å². The van der Waals surface area contributed by atoms with Gasteiger partial charge in [0, 0.05) is 18.8 Å². The molecule has 31 heavy (non-hydrogen) atoms. The minimum atomic E-state index is -0.600. The monoisotopic (exact) mass is 423 g/mol. The Labute approximate surface area is 179 Å². The number of rotatable bonds is 8. The van der Waals surface area contributed by atoms with E-state index < -0.39 is 11.7 Å². The number of nitrogens with zero attached hydrogens (tertiary/aromatic N) is 1. The van der Waals surface area contributed by atoms with Gasteiger partial charge < -0.3 is 20.1 Å². The number of benzene rings is 2. The zero-order valence-electron chi connectivity index (χ0n) is 16.8. The molecule has 0 unspecified atom stereocenters. The molecule has 0 bridgehead atoms. The van der Waals surface area contributed by atoms with Gasteiger partial charge in [0.2, 0.25) is 0 Å². The molecule has 0 aromatic heterocycles. The molecule has 2 aromatic carbocycles. The summed E-state index contributed by atoms with van der Waals surface area (Å²) < 4.78 is 23.9. The van der Waals surface area contributed by atoms with Crippen molar-refractivity contribution in [1.29, 1.82) is 5.26 Å². The van der Waals surface area contributed by atoms with Crippen molar-refractivity contribution in [2.45, 2.75) is 18.9 Å². The average molecular weight is 423 g/mol. The Morgan fingerprint density at radius 1 is 1.19 bits per heavy atom. The van der Waals surface area contributed by atoms with E-state index in [1.165, 1.54) is 30.3 Å². The van der Waals surface area contributed by atoms with Crippen LogP contribution in [0, 0.1) is 17.1 Å². The molecule has 2 aromatic rings. The summed E-state index contributed by atoms with van der Waals surface area (Å²) in [5.41, 5.74) is 0.890. The molecule has 1 atom stereocenters. The van der Waals surface area contributed by atoms with Crippen LogP contribution in [-0.4, -0.2) is 37.7 Å². The molecular formula is C23H22FN3O4. The van der Waals surface area contributed by atoms with E-state index in [0.29, 0.717) is 23.5 Å². The lowest BCUT2D eigenvalue weighted by atomic mass is 10.1. The lowest BCUT2D eigenvalue weighted by molar-refractivity contribution is -0.123. The van der Waals surface area contributed by atoms with Crippen LogP contribution in [0.25, 0.3) is 6.08 Å². The molecule has 1 saturated heterocycles. The van der Waals surface area contributed by atoms with Crippen LogP contribution in [0.15, 0.2) is 54.1 Å². The van der Waals surface area contributed by atoms with Crippen LogP contribution < -0.4 is 15.4 Å². The van der Waals surface area contributed by atoms with Crippen LogP contribution in [0.4, 0.5) is 10.1 Å². The quantitative estimate of drug-likeness (QED) is 0.502. The number of ether oxygens (including phenoxy) is 2. The number of anilines is 1. The van der Waals surface area contributed by atoms with Crippen molar-refractivity contribution in [3.05, 3.63) is 65.5 Å². The normalized spacial score (nSPS) is 15.7. The maximum Gasteiger partial charge on any atom is 0.266 e. The summed E-state index contributed by atoms with van der Waals surface area (Å²) in [6.45, 7) is 1.09. The summed E-state index contributed by atoms with van der Waals surface area (Å²) >= 11 is 0. The van der Waals surface area contributed by atoms with Crippen molar-refractivity contribution in [2.24, 2.45) is 0 Å². The van der Waals surface area contributed by atoms with Gasteiger partial charge >= 0.3 is 0 Å². The minimum Gasteiger partial charge on any atom is -0.484 e. The van der Waals surface area contributed by atoms with Crippen LogP contribution in [0.2, 0.25) is 0 Å². The number of carbonyl (C=O) groups excluding carboxylic acids is 2. The van der Waals surface area contributed by atoms with Gasteiger partial charge in [-0.25, -0.2) is 4.39 Å². The van der Waals surface area contributed by atoms with Gasteiger partial charge in [0.1, 0.15) is 23.2 Å². The van der Waals surface area contributed by atoms with Gasteiger partial charge in [-0.05, 0) is 60.9 Å². The summed E-state index contributed by atoms with van der Waals surface area (Å²) in [5.74, 6) is -0.767. The Hall–Kier alpha value is -3.70. The van der Waals surface area contributed by atoms with Gasteiger partial charge in [0.15, 0.2) is 6.61 Å². The van der Waals surface area contributed by atoms with E-state index in [4.69, 9.17) is 9.47 Å². The third-order valence-corrected chi connectivity index (χ3v) is 4.58. The fraction of sp³-hybridized carbons (Fsp3) is 0.261. The zero-order chi connectivity index (χ0) is 22.1. The van der Waals surface area contributed by atoms with Crippen LogP contribution in [0.3, 0.4) is 0 Å². The number of nitrogens with one attached hydrogen (secondary N) is 2. The first kappa shape index (κ1) is 22.0. The lowest BCUT2D eigenvalue weighted by Crippen LogP contribution is -2.35. The molecule has 0 saturated carbocycles. The summed E-state index contributed by atoms with van der Waals surface area (Å²) in [5, 5.41) is 14.6. The second-order valence-electron chi connectivity index (χ2n) is 6.93. The van der Waals surface area contributed by atoms with E-state index in [1.54, 1.807) is 24.3 Å². The number of carbonyl (C=O) groups is 2. The third-order valence-electron chi connectivity index (χ3n) is 4.58. The van der Waals surface area contributed by atoms with Gasteiger partial charge in [-0.15, -0.1) is 0 Å². The van der Waals surface area contributed by atoms with Crippen molar-refractivity contribution >= 4 is 23.6 Å². The summed E-state index contributed by atoms with van der Waals surface area (Å²) in [6.07, 6.45) is 3.46. The second-order valence-corrected chi connectivity index (χ2v) is 6.93. The molecule has 0 aliphatic carbocycles. The molecular weight excluding hydrogens is 401 g/mol. The van der Waals surface area contributed by atoms with Crippen LogP contribution in [-0.2, 0) is 14.3 Å². The number of nitriles is 1. The van der Waals surface area contributed by atoms with Gasteiger partial charge in [-0.1, -0.05) is 12.1 Å². The molecule has 1 fully saturated rings. The van der Waals surface area contributed by atoms with Gasteiger partial charge in [-0.2, -0.15) is 5.26 Å². The number of amides is 2. The van der Waals surface area contributed by atoms with Gasteiger partial charge in [0.25, 0.3) is 11.8 Å². The molecule has 0 spiro atoms. The Morgan fingerprint density at radius 3 is 2.58 bits per heavy atom. The first-order valence-corrected chi connectivity index (χ1v) is 9.83. The first-order chi connectivity index (χ1) is 15.0. The van der Waals surface area contributed by atoms with Crippen molar-refractivity contribution in [1.82, 2.24) is 5.32 Å². The van der Waals surface area contributed by atoms with E-state index in [1.807, 2.05) is 6.07 Å². The largest absolute Gasteiger partial charge is 0.484 e. The predicted octanol–water partition coefficient (Wildman–Crippen LogP) is 3.05. The molecule has 1 aliphatic rings. The number of hydrogen-bond donors (Lipinski definition) is 2. The molecule has 7 nitrogen and oxygen atoms in total. The molecule has 1 heterocycles. The molecule has 2 amide bonds. The Bertz CT molecular complexity index is 975. The Morgan fingerprint density at radius 2 is 1.94 bits per heavy atom. The zero-order valence-corrected chi connectivity index (χ0v) is 16.8. The van der Waals surface area contributed by atoms with E-state index in [-0.39, 0.29) is 24.2 Å². The van der Waals surface area contributed by atoms with Gasteiger partial charge in [0.05, 0.1) is 6.10 Å². The fourth-order valence-electron chi connectivity index (χ4n) is 2.94. The highest BCUT2D eigenvalue weighted by atomic mass is 19.1. The number of hydrogen-bond acceptors (Lipinski definition) is 5. The Kier molecular flexibility index (Phi) is 7.73. The SMILES string of the molecule is N#C/C(=C\c1ccc(OCC(=O)NC[C@@H]2CCCO2)cc1)C(=O)Nc1ccc(F)cc1. The highest BCUT2D eigenvalue weighted by Gasteiger charge is 2.16. The average Bonchev–Trinajstić information content (AvgIpc) is 3.30. The molecule has 160 valence electrons. The van der Waals surface area contributed by atoms with Crippen LogP contribution >= 0.6 is 0 Å². The highest BCUT2D eigenvalue weighted by Crippen LogP contribution is 2.16. The smallest absolute Gasteiger partial charge is 0.266 e. The summed E-state index contributed by atoms with van der Waals surface area (Å²) in [4.78, 5) is 24.1. The molecule has 1 aliphatic heterocycles. The Balaban J connectivity index is 1.51. The summed E-state index contributed by atoms with van der Waals surface area (Å²) in [6, 6.07) is 13.7. The highest BCUT2D eigenvalue weighted by molar-refractivity contribution is 6.09. The standard InChI is InChI=1S/C23H22FN3O4/c24-18-5-7-19(8-6-18)27-23(29)17(13-25)12-16-3-9-20(10-4-16)31-15-22(28)26-14-21-2-1-11-30-21/h3-10,12,21H,1-2,11,14-15H2,(H,26,28)(H,27,29)/b17-12+/t21-/m0/s1. The molecule has 0 radical (unpaired) electrons. The minimum absolute atomic E-state index is 0.0737.